The molecule has 1 rings (SSSR count). The first-order valence-electron chi connectivity index (χ1n) is 4.70. The molecule has 16 heavy (non-hydrogen) atoms. The summed E-state index contributed by atoms with van der Waals surface area (Å²) < 4.78 is 4.85. The van der Waals surface area contributed by atoms with Gasteiger partial charge in [-0.05, 0) is 18.4 Å². The minimum absolute atomic E-state index is 0.118. The summed E-state index contributed by atoms with van der Waals surface area (Å²) in [5, 5.41) is 5.55. The van der Waals surface area contributed by atoms with Crippen molar-refractivity contribution in [3.63, 3.8) is 0 Å². The molecule has 0 saturated heterocycles. The van der Waals surface area contributed by atoms with Gasteiger partial charge in [-0.2, -0.15) is 5.10 Å². The highest BCUT2D eigenvalue weighted by Gasteiger charge is 2.16. The molecule has 86 valence electrons. The van der Waals surface area contributed by atoms with Gasteiger partial charge in [0.05, 0.1) is 11.5 Å². The van der Waals surface area contributed by atoms with E-state index in [1.165, 1.54) is 18.3 Å². The zero-order valence-corrected chi connectivity index (χ0v) is 9.84. The summed E-state index contributed by atoms with van der Waals surface area (Å²) in [7, 11) is 0. The van der Waals surface area contributed by atoms with Gasteiger partial charge in [0.15, 0.2) is 5.71 Å². The number of carbonyl (C=O) groups is 2. The Balaban J connectivity index is 2.90. The van der Waals surface area contributed by atoms with Gasteiger partial charge in [0.25, 0.3) is 0 Å². The highest BCUT2D eigenvalue weighted by molar-refractivity contribution is 7.13. The van der Waals surface area contributed by atoms with Gasteiger partial charge in [-0.1, -0.05) is 6.07 Å². The first-order chi connectivity index (χ1) is 7.65. The number of rotatable bonds is 4. The Labute approximate surface area is 97.1 Å². The third kappa shape index (κ3) is 3.47. The monoisotopic (exact) mass is 240 g/mol. The van der Waals surface area contributed by atoms with Crippen LogP contribution in [0.15, 0.2) is 22.6 Å². The number of hydrogen-bond donors (Lipinski definition) is 1. The van der Waals surface area contributed by atoms with Gasteiger partial charge in [-0.3, -0.25) is 4.79 Å². The lowest BCUT2D eigenvalue weighted by Gasteiger charge is -2.03. The van der Waals surface area contributed by atoms with Crippen LogP contribution in [-0.2, 0) is 14.3 Å². The van der Waals surface area contributed by atoms with Crippen LogP contribution in [0.3, 0.4) is 0 Å². The van der Waals surface area contributed by atoms with Gasteiger partial charge in [0.1, 0.15) is 0 Å². The SMILES string of the molecule is CCOC(=O)C(=NNC(C)=O)c1cccs1. The maximum Gasteiger partial charge on any atom is 0.360 e. The zero-order chi connectivity index (χ0) is 12.0. The molecule has 1 aromatic heterocycles. The smallest absolute Gasteiger partial charge is 0.360 e. The number of amides is 1. The second-order valence-electron chi connectivity index (χ2n) is 2.83. The van der Waals surface area contributed by atoms with Crippen molar-refractivity contribution in [2.75, 3.05) is 6.61 Å². The lowest BCUT2D eigenvalue weighted by Crippen LogP contribution is -2.23. The molecule has 0 unspecified atom stereocenters. The Morgan fingerprint density at radius 3 is 2.81 bits per heavy atom. The maximum absolute atomic E-state index is 11.6. The highest BCUT2D eigenvalue weighted by Crippen LogP contribution is 2.10. The minimum atomic E-state index is -0.543. The Bertz CT molecular complexity index is 398. The van der Waals surface area contributed by atoms with Crippen LogP contribution in [0.4, 0.5) is 0 Å². The number of esters is 1. The van der Waals surface area contributed by atoms with E-state index in [2.05, 4.69) is 10.5 Å². The van der Waals surface area contributed by atoms with E-state index in [-0.39, 0.29) is 18.2 Å². The molecule has 0 aromatic carbocycles. The summed E-state index contributed by atoms with van der Waals surface area (Å²) in [6.45, 7) is 3.30. The lowest BCUT2D eigenvalue weighted by molar-refractivity contribution is -0.134. The van der Waals surface area contributed by atoms with Crippen molar-refractivity contribution < 1.29 is 14.3 Å². The molecule has 5 nitrogen and oxygen atoms in total. The molecule has 1 amide bonds. The number of ether oxygens (including phenoxy) is 1. The molecule has 0 bridgehead atoms. The molecule has 0 fully saturated rings. The second kappa shape index (κ2) is 6.02. The van der Waals surface area contributed by atoms with Crippen LogP contribution < -0.4 is 5.43 Å². The average molecular weight is 240 g/mol. The fourth-order valence-electron chi connectivity index (χ4n) is 0.949. The Morgan fingerprint density at radius 2 is 2.31 bits per heavy atom. The fourth-order valence-corrected chi connectivity index (χ4v) is 1.65. The van der Waals surface area contributed by atoms with Crippen LogP contribution in [-0.4, -0.2) is 24.2 Å². The van der Waals surface area contributed by atoms with Crippen molar-refractivity contribution >= 4 is 28.9 Å². The van der Waals surface area contributed by atoms with Crippen molar-refractivity contribution in [1.82, 2.24) is 5.43 Å². The van der Waals surface area contributed by atoms with E-state index >= 15 is 0 Å². The Hall–Kier alpha value is -1.69. The summed E-state index contributed by atoms with van der Waals surface area (Å²) in [5.41, 5.74) is 2.35. The largest absolute Gasteiger partial charge is 0.461 e. The minimum Gasteiger partial charge on any atom is -0.461 e. The third-order valence-electron chi connectivity index (χ3n) is 1.55. The first kappa shape index (κ1) is 12.4. The number of carbonyl (C=O) groups excluding carboxylic acids is 2. The molecule has 1 heterocycles. The molecule has 1 aromatic rings. The van der Waals surface area contributed by atoms with E-state index in [1.54, 1.807) is 19.1 Å². The van der Waals surface area contributed by atoms with Crippen molar-refractivity contribution in [3.05, 3.63) is 22.4 Å². The third-order valence-corrected chi connectivity index (χ3v) is 2.43. The van der Waals surface area contributed by atoms with Crippen LogP contribution in [0, 0.1) is 0 Å². The number of thiophene rings is 1. The van der Waals surface area contributed by atoms with Gasteiger partial charge >= 0.3 is 5.97 Å². The maximum atomic E-state index is 11.6. The van der Waals surface area contributed by atoms with E-state index < -0.39 is 5.97 Å². The van der Waals surface area contributed by atoms with Gasteiger partial charge < -0.3 is 4.74 Å². The van der Waals surface area contributed by atoms with Crippen LogP contribution in [0.5, 0.6) is 0 Å². The van der Waals surface area contributed by atoms with E-state index in [4.69, 9.17) is 4.74 Å². The second-order valence-corrected chi connectivity index (χ2v) is 3.77. The number of hydrazone groups is 1. The van der Waals surface area contributed by atoms with Crippen LogP contribution in [0.2, 0.25) is 0 Å². The Morgan fingerprint density at radius 1 is 1.56 bits per heavy atom. The van der Waals surface area contributed by atoms with E-state index in [1.807, 2.05) is 5.38 Å². The quantitative estimate of drug-likeness (QED) is 0.487. The van der Waals surface area contributed by atoms with Crippen LogP contribution in [0.1, 0.15) is 18.7 Å². The topological polar surface area (TPSA) is 67.8 Å². The highest BCUT2D eigenvalue weighted by atomic mass is 32.1. The van der Waals surface area contributed by atoms with Gasteiger partial charge in [-0.25, -0.2) is 10.2 Å². The van der Waals surface area contributed by atoms with Gasteiger partial charge in [0, 0.05) is 6.92 Å². The van der Waals surface area contributed by atoms with Crippen LogP contribution in [0.25, 0.3) is 0 Å². The summed E-state index contributed by atoms with van der Waals surface area (Å²) in [5.74, 6) is -0.878. The summed E-state index contributed by atoms with van der Waals surface area (Å²) in [6, 6.07) is 3.53. The fraction of sp³-hybridized carbons (Fsp3) is 0.300. The molecule has 0 aliphatic heterocycles. The number of nitrogens with zero attached hydrogens (tertiary/aromatic N) is 1. The average Bonchev–Trinajstić information content (AvgIpc) is 2.71. The molecule has 1 N–H and O–H groups in total. The van der Waals surface area contributed by atoms with Crippen molar-refractivity contribution in [1.29, 1.82) is 0 Å². The molecule has 0 spiro atoms. The van der Waals surface area contributed by atoms with Gasteiger partial charge in [0.2, 0.25) is 5.91 Å². The van der Waals surface area contributed by atoms with E-state index in [9.17, 15) is 9.59 Å². The predicted octanol–water partition coefficient (Wildman–Crippen LogP) is 1.15. The molecule has 0 atom stereocenters. The van der Waals surface area contributed by atoms with Gasteiger partial charge in [-0.15, -0.1) is 11.3 Å². The number of nitrogens with one attached hydrogen (secondary N) is 1. The summed E-state index contributed by atoms with van der Waals surface area (Å²) in [6.07, 6.45) is 0. The molecule has 0 aliphatic rings. The molecular weight excluding hydrogens is 228 g/mol. The molecule has 0 saturated carbocycles. The lowest BCUT2D eigenvalue weighted by atomic mass is 10.3. The molecule has 0 aliphatic carbocycles. The van der Waals surface area contributed by atoms with Crippen molar-refractivity contribution in [3.8, 4) is 0 Å². The molecule has 0 radical (unpaired) electrons. The molecule has 6 heteroatoms. The first-order valence-corrected chi connectivity index (χ1v) is 5.58. The van der Waals surface area contributed by atoms with E-state index in [0.717, 1.165) is 0 Å². The number of hydrogen-bond acceptors (Lipinski definition) is 5. The van der Waals surface area contributed by atoms with Crippen LogP contribution >= 0.6 is 11.3 Å². The predicted molar refractivity (Wildman–Crippen MR) is 61.3 cm³/mol. The summed E-state index contributed by atoms with van der Waals surface area (Å²) >= 11 is 1.35. The summed E-state index contributed by atoms with van der Waals surface area (Å²) in [4.78, 5) is 22.9. The standard InChI is InChI=1S/C10H12N2O3S/c1-3-15-10(14)9(12-11-7(2)13)8-5-4-6-16-8/h4-6H,3H2,1-2H3,(H,11,13). The Kier molecular flexibility index (Phi) is 4.65. The van der Waals surface area contributed by atoms with Crippen molar-refractivity contribution in [2.24, 2.45) is 5.10 Å². The zero-order valence-electron chi connectivity index (χ0n) is 9.02. The normalized spacial score (nSPS) is 11.0. The molecular formula is C10H12N2O3S. The van der Waals surface area contributed by atoms with E-state index in [0.29, 0.717) is 4.88 Å². The van der Waals surface area contributed by atoms with Crippen molar-refractivity contribution in [2.45, 2.75) is 13.8 Å².